The highest BCUT2D eigenvalue weighted by molar-refractivity contribution is 6.34. The van der Waals surface area contributed by atoms with Gasteiger partial charge in [-0.1, -0.05) is 23.7 Å². The zero-order valence-electron chi connectivity index (χ0n) is 7.25. The highest BCUT2D eigenvalue weighted by atomic mass is 35.5. The maximum atomic E-state index is 12.0. The lowest BCUT2D eigenvalue weighted by Gasteiger charge is -2.13. The lowest BCUT2D eigenvalue weighted by atomic mass is 10.1. The van der Waals surface area contributed by atoms with Crippen LogP contribution in [0.25, 0.3) is 0 Å². The molecule has 0 spiro atoms. The average molecular weight is 239 g/mol. The van der Waals surface area contributed by atoms with Crippen LogP contribution in [-0.2, 0) is 0 Å². The summed E-state index contributed by atoms with van der Waals surface area (Å²) in [7, 11) is 0. The van der Waals surface area contributed by atoms with Crippen LogP contribution in [0.4, 0.5) is 13.2 Å². The molecule has 0 fully saturated rings. The number of benzene rings is 1. The smallest absolute Gasteiger partial charge is 0.377 e. The van der Waals surface area contributed by atoms with Crippen LogP contribution >= 0.6 is 11.6 Å². The van der Waals surface area contributed by atoms with E-state index in [9.17, 15) is 18.0 Å². The molecule has 0 saturated heterocycles. The molecule has 0 aliphatic rings. The summed E-state index contributed by atoms with van der Waals surface area (Å²) >= 11 is 5.51. The van der Waals surface area contributed by atoms with Crippen molar-refractivity contribution in [3.05, 3.63) is 34.9 Å². The van der Waals surface area contributed by atoms with Gasteiger partial charge in [-0.2, -0.15) is 13.2 Å². The van der Waals surface area contributed by atoms with Crippen molar-refractivity contribution in [3.63, 3.8) is 0 Å². The number of carbonyl (C=O) groups excluding carboxylic acids is 1. The van der Waals surface area contributed by atoms with Gasteiger partial charge in [0.25, 0.3) is 0 Å². The van der Waals surface area contributed by atoms with Crippen molar-refractivity contribution >= 4 is 17.4 Å². The van der Waals surface area contributed by atoms with E-state index in [1.807, 2.05) is 0 Å². The Bertz CT molecular complexity index is 376. The van der Waals surface area contributed by atoms with Gasteiger partial charge in [-0.15, -0.1) is 0 Å². The Balaban J connectivity index is 3.01. The molecule has 0 aliphatic heterocycles. The second-order valence-electron chi connectivity index (χ2n) is 2.79. The lowest BCUT2D eigenvalue weighted by Crippen LogP contribution is -2.36. The van der Waals surface area contributed by atoms with Crippen molar-refractivity contribution in [1.29, 1.82) is 0 Å². The molecule has 0 aromatic heterocycles. The summed E-state index contributed by atoms with van der Waals surface area (Å²) in [5.74, 6) is -1.45. The molecule has 0 heterocycles. The zero-order chi connectivity index (χ0) is 11.6. The van der Waals surface area contributed by atoms with Crippen LogP contribution in [0.3, 0.4) is 0 Å². The third kappa shape index (κ3) is 2.70. The molecule has 1 atom stereocenters. The summed E-state index contributed by atoms with van der Waals surface area (Å²) in [4.78, 5) is 11.2. The number of halogens is 4. The topological polar surface area (TPSA) is 37.3 Å². The summed E-state index contributed by atoms with van der Waals surface area (Å²) < 4.78 is 36.0. The number of hydrogen-bond donors (Lipinski definition) is 1. The molecule has 1 N–H and O–H groups in total. The Morgan fingerprint density at radius 1 is 1.33 bits per heavy atom. The van der Waals surface area contributed by atoms with Crippen LogP contribution < -0.4 is 0 Å². The summed E-state index contributed by atoms with van der Waals surface area (Å²) in [5, 5.41) is 8.58. The molecule has 0 saturated carbocycles. The van der Waals surface area contributed by atoms with Crippen LogP contribution in [0.1, 0.15) is 10.4 Å². The second kappa shape index (κ2) is 4.20. The minimum Gasteiger partial charge on any atom is -0.377 e. The molecular formula is C9H6ClF3O2. The minimum absolute atomic E-state index is 0.120. The molecule has 15 heavy (non-hydrogen) atoms. The Morgan fingerprint density at radius 3 is 2.33 bits per heavy atom. The monoisotopic (exact) mass is 238 g/mol. The molecule has 2 nitrogen and oxygen atoms in total. The van der Waals surface area contributed by atoms with E-state index >= 15 is 0 Å². The molecule has 0 bridgehead atoms. The SMILES string of the molecule is O=C(c1ccccc1Cl)C(O)C(F)(F)F. The van der Waals surface area contributed by atoms with Gasteiger partial charge < -0.3 is 5.11 Å². The van der Waals surface area contributed by atoms with Crippen molar-refractivity contribution < 1.29 is 23.1 Å². The lowest BCUT2D eigenvalue weighted by molar-refractivity contribution is -0.186. The van der Waals surface area contributed by atoms with Crippen LogP contribution in [0.2, 0.25) is 5.02 Å². The molecule has 1 rings (SSSR count). The number of rotatable bonds is 2. The summed E-state index contributed by atoms with van der Waals surface area (Å²) in [6.07, 6.45) is -8.01. The zero-order valence-corrected chi connectivity index (χ0v) is 8.01. The largest absolute Gasteiger partial charge is 0.421 e. The number of aliphatic hydroxyl groups excluding tert-OH is 1. The fourth-order valence-electron chi connectivity index (χ4n) is 0.957. The van der Waals surface area contributed by atoms with E-state index < -0.39 is 18.1 Å². The number of ketones is 1. The number of carbonyl (C=O) groups is 1. The third-order valence-electron chi connectivity index (χ3n) is 1.70. The van der Waals surface area contributed by atoms with Gasteiger partial charge in [0.1, 0.15) is 0 Å². The molecule has 1 unspecified atom stereocenters. The predicted molar refractivity (Wildman–Crippen MR) is 47.8 cm³/mol. The predicted octanol–water partition coefficient (Wildman–Crippen LogP) is 2.45. The minimum atomic E-state index is -4.98. The molecule has 1 aromatic rings. The summed E-state index contributed by atoms with van der Waals surface area (Å²) in [6, 6.07) is 5.23. The van der Waals surface area contributed by atoms with Crippen molar-refractivity contribution in [3.8, 4) is 0 Å². The van der Waals surface area contributed by atoms with E-state index in [2.05, 4.69) is 0 Å². The van der Waals surface area contributed by atoms with E-state index in [1.165, 1.54) is 18.2 Å². The average Bonchev–Trinajstić information content (AvgIpc) is 2.15. The first-order valence-corrected chi connectivity index (χ1v) is 4.25. The maximum absolute atomic E-state index is 12.0. The van der Waals surface area contributed by atoms with Gasteiger partial charge in [0.2, 0.25) is 11.9 Å². The highest BCUT2D eigenvalue weighted by Crippen LogP contribution is 2.25. The van der Waals surface area contributed by atoms with Crippen LogP contribution in [0.5, 0.6) is 0 Å². The molecule has 0 aliphatic carbocycles. The fraction of sp³-hybridized carbons (Fsp3) is 0.222. The van der Waals surface area contributed by atoms with Crippen molar-refractivity contribution in [2.75, 3.05) is 0 Å². The molecule has 0 amide bonds. The van der Waals surface area contributed by atoms with Crippen LogP contribution in [-0.4, -0.2) is 23.2 Å². The van der Waals surface area contributed by atoms with Crippen molar-refractivity contribution in [2.24, 2.45) is 0 Å². The van der Waals surface area contributed by atoms with Gasteiger partial charge in [0.05, 0.1) is 5.02 Å². The summed E-state index contributed by atoms with van der Waals surface area (Å²) in [5.41, 5.74) is -0.344. The second-order valence-corrected chi connectivity index (χ2v) is 3.20. The number of alkyl halides is 3. The van der Waals surface area contributed by atoms with E-state index in [1.54, 1.807) is 0 Å². The summed E-state index contributed by atoms with van der Waals surface area (Å²) in [6.45, 7) is 0. The van der Waals surface area contributed by atoms with Crippen LogP contribution in [0.15, 0.2) is 24.3 Å². The number of hydrogen-bond acceptors (Lipinski definition) is 2. The first-order chi connectivity index (χ1) is 6.84. The van der Waals surface area contributed by atoms with Crippen molar-refractivity contribution in [2.45, 2.75) is 12.3 Å². The maximum Gasteiger partial charge on any atom is 0.421 e. The van der Waals surface area contributed by atoms with Gasteiger partial charge >= 0.3 is 6.18 Å². The number of aliphatic hydroxyl groups is 1. The first kappa shape index (κ1) is 12.0. The Hall–Kier alpha value is -1.07. The Kier molecular flexibility index (Phi) is 3.36. The molecular weight excluding hydrogens is 233 g/mol. The molecule has 0 radical (unpaired) electrons. The van der Waals surface area contributed by atoms with E-state index in [0.717, 1.165) is 6.07 Å². The molecule has 82 valence electrons. The fourth-order valence-corrected chi connectivity index (χ4v) is 1.19. The van der Waals surface area contributed by atoms with E-state index in [0.29, 0.717) is 0 Å². The van der Waals surface area contributed by atoms with Crippen LogP contribution in [0, 0.1) is 0 Å². The van der Waals surface area contributed by atoms with Gasteiger partial charge in [-0.25, -0.2) is 0 Å². The first-order valence-electron chi connectivity index (χ1n) is 3.87. The van der Waals surface area contributed by atoms with Crippen molar-refractivity contribution in [1.82, 2.24) is 0 Å². The normalized spacial score (nSPS) is 13.7. The van der Waals surface area contributed by atoms with Gasteiger partial charge in [-0.3, -0.25) is 4.79 Å². The van der Waals surface area contributed by atoms with Gasteiger partial charge in [0.15, 0.2) is 0 Å². The quantitative estimate of drug-likeness (QED) is 0.804. The third-order valence-corrected chi connectivity index (χ3v) is 2.03. The number of Topliss-reactive ketones (excluding diaryl/α,β-unsaturated/α-hetero) is 1. The van der Waals surface area contributed by atoms with Gasteiger partial charge in [-0.05, 0) is 12.1 Å². The highest BCUT2D eigenvalue weighted by Gasteiger charge is 2.44. The van der Waals surface area contributed by atoms with E-state index in [4.69, 9.17) is 16.7 Å². The molecule has 1 aromatic carbocycles. The van der Waals surface area contributed by atoms with Gasteiger partial charge in [0, 0.05) is 5.56 Å². The molecule has 6 heteroatoms. The Morgan fingerprint density at radius 2 is 1.87 bits per heavy atom. The van der Waals surface area contributed by atoms with E-state index in [-0.39, 0.29) is 10.6 Å². The standard InChI is InChI=1S/C9H6ClF3O2/c10-6-4-2-1-3-5(6)7(14)8(15)9(11,12)13/h1-4,8,15H. The Labute approximate surface area is 88.3 Å².